The van der Waals surface area contributed by atoms with Crippen molar-refractivity contribution in [2.45, 2.75) is 44.8 Å². The predicted molar refractivity (Wildman–Crippen MR) is 160 cm³/mol. The van der Waals surface area contributed by atoms with Crippen LogP contribution in [0.3, 0.4) is 0 Å². The zero-order valence-corrected chi connectivity index (χ0v) is 24.4. The summed E-state index contributed by atoms with van der Waals surface area (Å²) < 4.78 is 25.1. The number of aromatic nitrogens is 1. The van der Waals surface area contributed by atoms with Crippen molar-refractivity contribution < 1.29 is 18.7 Å². The molecule has 0 bridgehead atoms. The molecule has 0 aliphatic carbocycles. The number of rotatable bonds is 12. The molecule has 1 fully saturated rings. The van der Waals surface area contributed by atoms with Gasteiger partial charge in [0, 0.05) is 42.3 Å². The van der Waals surface area contributed by atoms with Crippen molar-refractivity contribution in [1.82, 2.24) is 15.2 Å². The Hall–Kier alpha value is -3.65. The number of pyridine rings is 1. The highest BCUT2D eigenvalue weighted by Gasteiger charge is 2.21. The van der Waals surface area contributed by atoms with Crippen molar-refractivity contribution in [3.05, 3.63) is 47.1 Å². The number of nitrogens with zero attached hydrogens (tertiary/aromatic N) is 3. The van der Waals surface area contributed by atoms with Gasteiger partial charge < -0.3 is 30.3 Å². The molecule has 1 aromatic heterocycles. The maximum atomic E-state index is 13.4. The number of benzene rings is 2. The zero-order chi connectivity index (χ0) is 29.4. The number of carbonyl (C=O) groups excluding carboxylic acids is 1. The number of carbonyl (C=O) groups is 1. The number of piperidine rings is 1. The molecular formula is C30H36ClFN6O3. The molecule has 2 heterocycles. The Balaban J connectivity index is 1.57. The van der Waals surface area contributed by atoms with Crippen LogP contribution in [0.25, 0.3) is 10.9 Å². The summed E-state index contributed by atoms with van der Waals surface area (Å²) in [5.41, 5.74) is 2.61. The summed E-state index contributed by atoms with van der Waals surface area (Å²) in [7, 11) is 3.93. The van der Waals surface area contributed by atoms with Crippen molar-refractivity contribution in [2.75, 3.05) is 51.0 Å². The van der Waals surface area contributed by atoms with Crippen LogP contribution in [-0.2, 0) is 4.79 Å². The lowest BCUT2D eigenvalue weighted by Crippen LogP contribution is -2.43. The van der Waals surface area contributed by atoms with Gasteiger partial charge >= 0.3 is 0 Å². The molecule has 0 spiro atoms. The van der Waals surface area contributed by atoms with Crippen molar-refractivity contribution in [3.8, 4) is 17.6 Å². The molecule has 1 aliphatic rings. The summed E-state index contributed by atoms with van der Waals surface area (Å²) in [4.78, 5) is 19.2. The van der Waals surface area contributed by atoms with E-state index in [1.165, 1.54) is 6.20 Å². The van der Waals surface area contributed by atoms with Crippen LogP contribution in [0, 0.1) is 11.3 Å². The molecule has 1 saturated heterocycles. The average molecular weight is 583 g/mol. The second kappa shape index (κ2) is 14.3. The van der Waals surface area contributed by atoms with Crippen LogP contribution in [0.2, 0.25) is 5.02 Å². The second-order valence-corrected chi connectivity index (χ2v) is 10.7. The van der Waals surface area contributed by atoms with Crippen LogP contribution >= 0.6 is 11.6 Å². The van der Waals surface area contributed by atoms with Crippen LogP contribution in [-0.4, -0.2) is 68.4 Å². The molecule has 9 nitrogen and oxygen atoms in total. The SMILES string of the molecule is CCOc1cc2ncc(C#N)c(Nc3ccc(OCC4CCC(F)CN4)c(Cl)c3)c2cc1NC(=O)CCCN(C)C. The first-order chi connectivity index (χ1) is 19.8. The summed E-state index contributed by atoms with van der Waals surface area (Å²) >= 11 is 6.54. The van der Waals surface area contributed by atoms with E-state index in [1.807, 2.05) is 32.0 Å². The molecule has 4 rings (SSSR count). The van der Waals surface area contributed by atoms with Crippen LogP contribution in [0.5, 0.6) is 11.5 Å². The topological polar surface area (TPSA) is 112 Å². The maximum Gasteiger partial charge on any atom is 0.224 e. The van der Waals surface area contributed by atoms with Gasteiger partial charge in [-0.3, -0.25) is 9.78 Å². The lowest BCUT2D eigenvalue weighted by molar-refractivity contribution is -0.116. The average Bonchev–Trinajstić information content (AvgIpc) is 2.94. The molecule has 1 aliphatic heterocycles. The molecule has 3 aromatic rings. The van der Waals surface area contributed by atoms with Crippen molar-refractivity contribution in [2.24, 2.45) is 0 Å². The summed E-state index contributed by atoms with van der Waals surface area (Å²) in [5, 5.41) is 20.3. The van der Waals surface area contributed by atoms with Gasteiger partial charge in [0.1, 0.15) is 30.3 Å². The molecule has 3 N–H and O–H groups in total. The Morgan fingerprint density at radius 2 is 2.07 bits per heavy atom. The van der Waals surface area contributed by atoms with E-state index in [0.717, 1.165) is 13.0 Å². The van der Waals surface area contributed by atoms with Gasteiger partial charge in [-0.05, 0) is 71.1 Å². The highest BCUT2D eigenvalue weighted by Crippen LogP contribution is 2.37. The third-order valence-electron chi connectivity index (χ3n) is 6.77. The number of hydrogen-bond donors (Lipinski definition) is 3. The molecular weight excluding hydrogens is 547 g/mol. The number of fused-ring (bicyclic) bond motifs is 1. The molecule has 11 heteroatoms. The van der Waals surface area contributed by atoms with Crippen LogP contribution in [0.15, 0.2) is 36.5 Å². The highest BCUT2D eigenvalue weighted by molar-refractivity contribution is 6.32. The van der Waals surface area contributed by atoms with Crippen molar-refractivity contribution >= 4 is 45.5 Å². The van der Waals surface area contributed by atoms with E-state index >= 15 is 0 Å². The minimum Gasteiger partial charge on any atom is -0.492 e. The number of nitriles is 1. The number of nitrogens with one attached hydrogen (secondary N) is 3. The molecule has 0 saturated carbocycles. The second-order valence-electron chi connectivity index (χ2n) is 10.3. The van der Waals surface area contributed by atoms with E-state index in [4.69, 9.17) is 21.1 Å². The van der Waals surface area contributed by atoms with Gasteiger partial charge in [-0.1, -0.05) is 11.6 Å². The Labute approximate surface area is 245 Å². The minimum atomic E-state index is -0.811. The van der Waals surface area contributed by atoms with Gasteiger partial charge in [-0.25, -0.2) is 4.39 Å². The number of anilines is 3. The summed E-state index contributed by atoms with van der Waals surface area (Å²) in [6.45, 7) is 3.80. The fourth-order valence-electron chi connectivity index (χ4n) is 4.63. The quantitative estimate of drug-likeness (QED) is 0.251. The van der Waals surface area contributed by atoms with Crippen molar-refractivity contribution in [3.63, 3.8) is 0 Å². The van der Waals surface area contributed by atoms with E-state index in [-0.39, 0.29) is 11.9 Å². The number of alkyl halides is 1. The van der Waals surface area contributed by atoms with Gasteiger partial charge in [0.05, 0.1) is 34.1 Å². The van der Waals surface area contributed by atoms with Gasteiger partial charge in [0.2, 0.25) is 5.91 Å². The largest absolute Gasteiger partial charge is 0.492 e. The first kappa shape index (κ1) is 30.3. The summed E-state index contributed by atoms with van der Waals surface area (Å²) in [5.74, 6) is 0.895. The van der Waals surface area contributed by atoms with E-state index in [9.17, 15) is 14.4 Å². The van der Waals surface area contributed by atoms with Gasteiger partial charge in [0.25, 0.3) is 0 Å². The first-order valence-corrected chi connectivity index (χ1v) is 14.2. The first-order valence-electron chi connectivity index (χ1n) is 13.8. The third-order valence-corrected chi connectivity index (χ3v) is 7.07. The van der Waals surface area contributed by atoms with E-state index < -0.39 is 6.17 Å². The molecule has 0 radical (unpaired) electrons. The Morgan fingerprint density at radius 1 is 1.24 bits per heavy atom. The fourth-order valence-corrected chi connectivity index (χ4v) is 4.87. The van der Waals surface area contributed by atoms with E-state index in [0.29, 0.717) is 89.1 Å². The normalized spacial score (nSPS) is 16.8. The standard InChI is InChI=1S/C30H36ClFN6O3/c1-4-40-28-14-25-23(13-26(28)37-29(39)6-5-11-38(2)3)30(19(15-33)16-35-25)36-21-9-10-27(24(31)12-21)41-18-22-8-7-20(32)17-34-22/h9-10,12-14,16,20,22,34H,4-8,11,17-18H2,1-3H3,(H,35,36)(H,37,39). The number of amides is 1. The van der Waals surface area contributed by atoms with Gasteiger partial charge in [0.15, 0.2) is 0 Å². The van der Waals surface area contributed by atoms with E-state index in [1.54, 1.807) is 24.3 Å². The summed E-state index contributed by atoms with van der Waals surface area (Å²) in [6, 6.07) is 11.1. The Morgan fingerprint density at radius 3 is 2.76 bits per heavy atom. The maximum absolute atomic E-state index is 13.4. The Bertz CT molecular complexity index is 1410. The van der Waals surface area contributed by atoms with E-state index in [2.05, 4.69) is 27.0 Å². The lowest BCUT2D eigenvalue weighted by atomic mass is 10.0. The lowest BCUT2D eigenvalue weighted by Gasteiger charge is -2.26. The third kappa shape index (κ3) is 8.19. The number of hydrogen-bond acceptors (Lipinski definition) is 8. The number of halogens is 2. The molecule has 41 heavy (non-hydrogen) atoms. The molecule has 1 amide bonds. The molecule has 2 unspecified atom stereocenters. The van der Waals surface area contributed by atoms with Gasteiger partial charge in [-0.2, -0.15) is 5.26 Å². The van der Waals surface area contributed by atoms with Crippen LogP contribution < -0.4 is 25.4 Å². The summed E-state index contributed by atoms with van der Waals surface area (Å²) in [6.07, 6.45) is 3.00. The highest BCUT2D eigenvalue weighted by atomic mass is 35.5. The molecule has 2 aromatic carbocycles. The zero-order valence-electron chi connectivity index (χ0n) is 23.6. The monoisotopic (exact) mass is 582 g/mol. The molecule has 218 valence electrons. The minimum absolute atomic E-state index is 0.0708. The molecule has 2 atom stereocenters. The fraction of sp³-hybridized carbons (Fsp3) is 0.433. The van der Waals surface area contributed by atoms with Gasteiger partial charge in [-0.15, -0.1) is 0 Å². The van der Waals surface area contributed by atoms with Crippen molar-refractivity contribution in [1.29, 1.82) is 5.26 Å². The predicted octanol–water partition coefficient (Wildman–Crippen LogP) is 5.65. The number of ether oxygens (including phenoxy) is 2. The Kier molecular flexibility index (Phi) is 10.6. The van der Waals surface area contributed by atoms with Crippen LogP contribution in [0.4, 0.5) is 21.5 Å². The smallest absolute Gasteiger partial charge is 0.224 e. The van der Waals surface area contributed by atoms with Crippen LogP contribution in [0.1, 0.15) is 38.2 Å².